The summed E-state index contributed by atoms with van der Waals surface area (Å²) in [5, 5.41) is 6.12. The summed E-state index contributed by atoms with van der Waals surface area (Å²) < 4.78 is 11.2. The van der Waals surface area contributed by atoms with Gasteiger partial charge >= 0.3 is 0 Å². The van der Waals surface area contributed by atoms with Crippen LogP contribution in [0.5, 0.6) is 0 Å². The molecule has 214 valence electrons. The number of thiazole rings is 1. The minimum absolute atomic E-state index is 0.0123. The van der Waals surface area contributed by atoms with Crippen molar-refractivity contribution in [1.82, 2.24) is 20.1 Å². The van der Waals surface area contributed by atoms with E-state index in [1.165, 1.54) is 0 Å². The number of carbonyl (C=O) groups excluding carboxylic acids is 3. The zero-order chi connectivity index (χ0) is 27.8. The van der Waals surface area contributed by atoms with Crippen LogP contribution in [-0.4, -0.2) is 110 Å². The van der Waals surface area contributed by atoms with E-state index in [2.05, 4.69) is 27.5 Å². The lowest BCUT2D eigenvalue weighted by Crippen LogP contribution is -2.54. The maximum atomic E-state index is 13.9. The number of aromatic nitrogens is 1. The molecule has 11 heteroatoms. The number of amides is 2. The molecular weight excluding hydrogens is 530 g/mol. The van der Waals surface area contributed by atoms with E-state index in [1.54, 1.807) is 35.5 Å². The predicted molar refractivity (Wildman–Crippen MR) is 152 cm³/mol. The number of fused-ring (bicyclic) bond motifs is 1. The number of anilines is 1. The number of hydrogen-bond acceptors (Lipinski definition) is 9. The molecule has 1 aliphatic carbocycles. The molecule has 4 heterocycles. The molecule has 2 amide bonds. The van der Waals surface area contributed by atoms with Crippen molar-refractivity contribution in [1.29, 1.82) is 0 Å². The first-order chi connectivity index (χ1) is 19.4. The molecule has 1 N–H and O–H groups in total. The van der Waals surface area contributed by atoms with Crippen molar-refractivity contribution in [3.8, 4) is 11.3 Å². The standard InChI is InChI=1S/C29H37N5O5S/c1-32-11-13-33(14-12-32)29-30-21(17-40-29)18-7-9-20(10-8-18)27(36)31-24(19-5-3-4-6-19)28(37)34-15-23(38-2)26-25(34)22(35)16-39-26/h7-10,17,19,23-26H,3-6,11-16H2,1-2H3,(H,31,36)/t23-,24-,25+,26+/m0/s1. The number of rotatable bonds is 7. The Morgan fingerprint density at radius 3 is 2.55 bits per heavy atom. The molecule has 0 unspecified atom stereocenters. The second-order valence-electron chi connectivity index (χ2n) is 11.3. The van der Waals surface area contributed by atoms with Crippen LogP contribution < -0.4 is 10.2 Å². The van der Waals surface area contributed by atoms with Crippen molar-refractivity contribution < 1.29 is 23.9 Å². The molecule has 10 nitrogen and oxygen atoms in total. The lowest BCUT2D eigenvalue weighted by atomic mass is 9.95. The molecule has 0 radical (unpaired) electrons. The zero-order valence-corrected chi connectivity index (χ0v) is 23.9. The lowest BCUT2D eigenvalue weighted by Gasteiger charge is -2.32. The van der Waals surface area contributed by atoms with E-state index in [-0.39, 0.29) is 42.8 Å². The van der Waals surface area contributed by atoms with E-state index in [0.29, 0.717) is 5.56 Å². The topological polar surface area (TPSA) is 104 Å². The number of likely N-dealkylation sites (tertiary alicyclic amines) is 1. The predicted octanol–water partition coefficient (Wildman–Crippen LogP) is 2.04. The average molecular weight is 568 g/mol. The summed E-state index contributed by atoms with van der Waals surface area (Å²) in [5.74, 6) is -0.579. The molecule has 1 aromatic heterocycles. The molecular formula is C29H37N5O5S. The van der Waals surface area contributed by atoms with Gasteiger partial charge in [0, 0.05) is 49.8 Å². The number of hydrogen-bond donors (Lipinski definition) is 1. The third-order valence-electron chi connectivity index (χ3n) is 8.86. The number of nitrogens with zero attached hydrogens (tertiary/aromatic N) is 4. The van der Waals surface area contributed by atoms with Crippen molar-refractivity contribution in [3.63, 3.8) is 0 Å². The Morgan fingerprint density at radius 2 is 1.85 bits per heavy atom. The summed E-state index contributed by atoms with van der Waals surface area (Å²) in [6.07, 6.45) is 2.99. The Labute approximate surface area is 238 Å². The third-order valence-corrected chi connectivity index (χ3v) is 9.76. The van der Waals surface area contributed by atoms with E-state index < -0.39 is 18.2 Å². The van der Waals surface area contributed by atoms with Crippen molar-refractivity contribution >= 4 is 34.1 Å². The minimum Gasteiger partial charge on any atom is -0.377 e. The van der Waals surface area contributed by atoms with Gasteiger partial charge in [-0.05, 0) is 37.9 Å². The Kier molecular flexibility index (Phi) is 7.89. The maximum Gasteiger partial charge on any atom is 0.251 e. The quantitative estimate of drug-likeness (QED) is 0.542. The molecule has 40 heavy (non-hydrogen) atoms. The number of carbonyl (C=O) groups is 3. The maximum absolute atomic E-state index is 13.9. The highest BCUT2D eigenvalue weighted by Crippen LogP contribution is 2.34. The second kappa shape index (κ2) is 11.6. The molecule has 4 fully saturated rings. The number of ketones is 1. The number of methoxy groups -OCH3 is 1. The first kappa shape index (κ1) is 27.3. The van der Waals surface area contributed by atoms with Crippen LogP contribution in [0.3, 0.4) is 0 Å². The molecule has 0 spiro atoms. The van der Waals surface area contributed by atoms with Crippen LogP contribution in [0.4, 0.5) is 5.13 Å². The molecule has 4 aliphatic rings. The van der Waals surface area contributed by atoms with E-state index in [0.717, 1.165) is 68.3 Å². The summed E-state index contributed by atoms with van der Waals surface area (Å²) in [7, 11) is 3.71. The second-order valence-corrected chi connectivity index (χ2v) is 12.2. The van der Waals surface area contributed by atoms with Crippen LogP contribution in [0.2, 0.25) is 0 Å². The van der Waals surface area contributed by atoms with Crippen LogP contribution in [0.1, 0.15) is 36.0 Å². The highest BCUT2D eigenvalue weighted by molar-refractivity contribution is 7.14. The van der Waals surface area contributed by atoms with Gasteiger partial charge in [-0.3, -0.25) is 14.4 Å². The van der Waals surface area contributed by atoms with E-state index in [4.69, 9.17) is 14.5 Å². The highest BCUT2D eigenvalue weighted by atomic mass is 32.1. The Bertz CT molecular complexity index is 1240. The van der Waals surface area contributed by atoms with Crippen molar-refractivity contribution in [2.24, 2.45) is 5.92 Å². The fraction of sp³-hybridized carbons (Fsp3) is 0.586. The van der Waals surface area contributed by atoms with E-state index in [9.17, 15) is 14.4 Å². The third kappa shape index (κ3) is 5.27. The Morgan fingerprint density at radius 1 is 1.12 bits per heavy atom. The summed E-state index contributed by atoms with van der Waals surface area (Å²) in [4.78, 5) is 50.9. The number of benzene rings is 1. The first-order valence-corrected chi connectivity index (χ1v) is 15.1. The van der Waals surface area contributed by atoms with Crippen molar-refractivity contribution in [3.05, 3.63) is 35.2 Å². The SMILES string of the molecule is CO[C@H]1CN(C(=O)[C@@H](NC(=O)c2ccc(-c3csc(N4CCN(C)CC4)n3)cc2)C2CCCC2)[C@@H]2C(=O)CO[C@H]12. The van der Waals surface area contributed by atoms with Gasteiger partial charge in [-0.15, -0.1) is 11.3 Å². The van der Waals surface area contributed by atoms with Gasteiger partial charge in [-0.2, -0.15) is 0 Å². The van der Waals surface area contributed by atoms with Gasteiger partial charge in [-0.25, -0.2) is 4.98 Å². The summed E-state index contributed by atoms with van der Waals surface area (Å²) >= 11 is 1.64. The van der Waals surface area contributed by atoms with Gasteiger partial charge in [0.05, 0.1) is 12.2 Å². The number of Topliss-reactive ketones (excluding diaryl/α,β-unsaturated/α-hetero) is 1. The van der Waals surface area contributed by atoms with Gasteiger partial charge in [-0.1, -0.05) is 25.0 Å². The highest BCUT2D eigenvalue weighted by Gasteiger charge is 2.54. The number of piperazine rings is 1. The number of nitrogens with one attached hydrogen (secondary N) is 1. The van der Waals surface area contributed by atoms with Crippen LogP contribution in [-0.2, 0) is 19.1 Å². The van der Waals surface area contributed by atoms with Gasteiger partial charge in [0.1, 0.15) is 30.9 Å². The molecule has 3 saturated heterocycles. The fourth-order valence-electron chi connectivity index (χ4n) is 6.45. The van der Waals surface area contributed by atoms with Crippen LogP contribution in [0, 0.1) is 5.92 Å². The zero-order valence-electron chi connectivity index (χ0n) is 23.1. The van der Waals surface area contributed by atoms with Gasteiger partial charge in [0.15, 0.2) is 10.9 Å². The Balaban J connectivity index is 1.15. The summed E-state index contributed by atoms with van der Waals surface area (Å²) in [6, 6.07) is 6.06. The molecule has 1 aromatic carbocycles. The average Bonchev–Trinajstić information content (AvgIpc) is 3.78. The smallest absolute Gasteiger partial charge is 0.251 e. The number of likely N-dealkylation sites (N-methyl/N-ethyl adjacent to an activating group) is 1. The fourth-order valence-corrected chi connectivity index (χ4v) is 7.34. The van der Waals surface area contributed by atoms with Crippen LogP contribution in [0.25, 0.3) is 11.3 Å². The molecule has 4 atom stereocenters. The first-order valence-electron chi connectivity index (χ1n) is 14.2. The van der Waals surface area contributed by atoms with Crippen molar-refractivity contribution in [2.75, 3.05) is 58.4 Å². The molecule has 0 bridgehead atoms. The number of ether oxygens (including phenoxy) is 2. The minimum atomic E-state index is -0.691. The van der Waals surface area contributed by atoms with Crippen LogP contribution >= 0.6 is 11.3 Å². The molecule has 3 aliphatic heterocycles. The Hall–Kier alpha value is -2.86. The lowest BCUT2D eigenvalue weighted by molar-refractivity contribution is -0.139. The van der Waals surface area contributed by atoms with Crippen LogP contribution in [0.15, 0.2) is 29.6 Å². The summed E-state index contributed by atoms with van der Waals surface area (Å²) in [5.41, 5.74) is 2.33. The van der Waals surface area contributed by atoms with Gasteiger partial charge in [0.25, 0.3) is 5.91 Å². The van der Waals surface area contributed by atoms with Gasteiger partial charge in [0.2, 0.25) is 5.91 Å². The van der Waals surface area contributed by atoms with Crippen molar-refractivity contribution in [2.45, 2.75) is 50.0 Å². The van der Waals surface area contributed by atoms with E-state index in [1.807, 2.05) is 12.1 Å². The molecule has 2 aromatic rings. The molecule has 6 rings (SSSR count). The summed E-state index contributed by atoms with van der Waals surface area (Å²) in [6.45, 7) is 4.26. The largest absolute Gasteiger partial charge is 0.377 e. The normalized spacial score (nSPS) is 26.4. The molecule has 1 saturated carbocycles. The van der Waals surface area contributed by atoms with Gasteiger partial charge < -0.3 is 29.5 Å². The monoisotopic (exact) mass is 567 g/mol. The van der Waals surface area contributed by atoms with E-state index >= 15 is 0 Å².